The van der Waals surface area contributed by atoms with Gasteiger partial charge >= 0.3 is 6.09 Å². The number of piperidine rings is 1. The molecular weight excluding hydrogens is 262 g/mol. The average Bonchev–Trinajstić information content (AvgIpc) is 2.79. The lowest BCUT2D eigenvalue weighted by molar-refractivity contribution is 0.0500. The van der Waals surface area contributed by atoms with Gasteiger partial charge in [0.15, 0.2) is 5.13 Å². The van der Waals surface area contributed by atoms with Crippen LogP contribution in [0.25, 0.3) is 0 Å². The van der Waals surface area contributed by atoms with Crippen LogP contribution in [-0.4, -0.2) is 35.8 Å². The highest BCUT2D eigenvalue weighted by atomic mass is 32.1. The molecule has 0 bridgehead atoms. The highest BCUT2D eigenvalue weighted by molar-refractivity contribution is 7.13. The predicted octanol–water partition coefficient (Wildman–Crippen LogP) is 2.64. The quantitative estimate of drug-likeness (QED) is 0.906. The molecule has 5 nitrogen and oxygen atoms in total. The second kappa shape index (κ2) is 5.77. The molecule has 2 heterocycles. The second-order valence-electron chi connectivity index (χ2n) is 5.75. The first kappa shape index (κ1) is 14.1. The molecule has 2 rings (SSSR count). The second-order valence-corrected chi connectivity index (χ2v) is 6.62. The van der Waals surface area contributed by atoms with E-state index in [2.05, 4.69) is 15.2 Å². The van der Waals surface area contributed by atoms with Gasteiger partial charge in [0, 0.05) is 30.7 Å². The van der Waals surface area contributed by atoms with Gasteiger partial charge in [-0.15, -0.1) is 11.3 Å². The molecule has 0 spiro atoms. The Bertz CT molecular complexity index is 414. The molecule has 0 radical (unpaired) electrons. The Balaban J connectivity index is 1.86. The number of carbonyl (C=O) groups is 1. The summed E-state index contributed by atoms with van der Waals surface area (Å²) >= 11 is 1.63. The van der Waals surface area contributed by atoms with Crippen LogP contribution in [0.2, 0.25) is 0 Å². The first-order chi connectivity index (χ1) is 8.94. The summed E-state index contributed by atoms with van der Waals surface area (Å²) < 4.78 is 5.28. The zero-order valence-corrected chi connectivity index (χ0v) is 12.5. The van der Waals surface area contributed by atoms with Gasteiger partial charge in [0.25, 0.3) is 0 Å². The van der Waals surface area contributed by atoms with Crippen molar-refractivity contribution in [2.75, 3.05) is 18.0 Å². The summed E-state index contributed by atoms with van der Waals surface area (Å²) in [7, 11) is 0. The normalized spacial score (nSPS) is 20.2. The van der Waals surface area contributed by atoms with Gasteiger partial charge < -0.3 is 15.0 Å². The number of amides is 1. The van der Waals surface area contributed by atoms with Crippen molar-refractivity contribution in [3.05, 3.63) is 11.6 Å². The van der Waals surface area contributed by atoms with Crippen molar-refractivity contribution in [2.24, 2.45) is 0 Å². The van der Waals surface area contributed by atoms with E-state index >= 15 is 0 Å². The fourth-order valence-corrected chi connectivity index (χ4v) is 2.80. The van der Waals surface area contributed by atoms with Crippen LogP contribution in [0, 0.1) is 0 Å². The van der Waals surface area contributed by atoms with E-state index in [1.54, 1.807) is 11.3 Å². The number of ether oxygens (including phenoxy) is 1. The van der Waals surface area contributed by atoms with Crippen LogP contribution < -0.4 is 10.2 Å². The molecule has 1 saturated heterocycles. The van der Waals surface area contributed by atoms with E-state index in [0.29, 0.717) is 0 Å². The molecule has 0 aromatic carbocycles. The monoisotopic (exact) mass is 283 g/mol. The highest BCUT2D eigenvalue weighted by Crippen LogP contribution is 2.22. The molecule has 0 aliphatic carbocycles. The van der Waals surface area contributed by atoms with E-state index in [1.165, 1.54) is 0 Å². The van der Waals surface area contributed by atoms with E-state index in [4.69, 9.17) is 4.74 Å². The first-order valence-electron chi connectivity index (χ1n) is 6.58. The van der Waals surface area contributed by atoms with Gasteiger partial charge in [0.2, 0.25) is 0 Å². The summed E-state index contributed by atoms with van der Waals surface area (Å²) in [4.78, 5) is 18.3. The molecule has 106 valence electrons. The molecule has 0 saturated carbocycles. The number of thiazole rings is 1. The number of alkyl carbamates (subject to hydrolysis) is 1. The van der Waals surface area contributed by atoms with Gasteiger partial charge in [-0.1, -0.05) is 0 Å². The Labute approximate surface area is 118 Å². The van der Waals surface area contributed by atoms with E-state index < -0.39 is 5.60 Å². The molecule has 1 aromatic heterocycles. The van der Waals surface area contributed by atoms with Crippen molar-refractivity contribution in [1.82, 2.24) is 10.3 Å². The molecule has 1 fully saturated rings. The summed E-state index contributed by atoms with van der Waals surface area (Å²) in [5, 5.41) is 5.94. The summed E-state index contributed by atoms with van der Waals surface area (Å²) in [6.07, 6.45) is 3.52. The van der Waals surface area contributed by atoms with Crippen molar-refractivity contribution in [3.8, 4) is 0 Å². The van der Waals surface area contributed by atoms with E-state index in [9.17, 15) is 4.79 Å². The highest BCUT2D eigenvalue weighted by Gasteiger charge is 2.25. The number of aromatic nitrogens is 1. The van der Waals surface area contributed by atoms with Crippen molar-refractivity contribution in [3.63, 3.8) is 0 Å². The Hall–Kier alpha value is -1.30. The number of hydrogen-bond donors (Lipinski definition) is 1. The number of nitrogens with one attached hydrogen (secondary N) is 1. The number of nitrogens with zero attached hydrogens (tertiary/aromatic N) is 2. The van der Waals surface area contributed by atoms with Gasteiger partial charge in [-0.3, -0.25) is 0 Å². The molecule has 19 heavy (non-hydrogen) atoms. The minimum Gasteiger partial charge on any atom is -0.444 e. The number of rotatable bonds is 2. The number of hydrogen-bond acceptors (Lipinski definition) is 5. The molecule has 1 N–H and O–H groups in total. The molecule has 0 unspecified atom stereocenters. The lowest BCUT2D eigenvalue weighted by atomic mass is 10.1. The fraction of sp³-hybridized carbons (Fsp3) is 0.692. The zero-order chi connectivity index (χ0) is 13.9. The summed E-state index contributed by atoms with van der Waals surface area (Å²) in [6, 6.07) is 0.132. The van der Waals surface area contributed by atoms with E-state index in [1.807, 2.05) is 32.3 Å². The van der Waals surface area contributed by atoms with Crippen molar-refractivity contribution in [1.29, 1.82) is 0 Å². The van der Waals surface area contributed by atoms with Crippen LogP contribution in [0.15, 0.2) is 11.6 Å². The van der Waals surface area contributed by atoms with Crippen LogP contribution in [0.3, 0.4) is 0 Å². The fourth-order valence-electron chi connectivity index (χ4n) is 2.12. The number of carbonyl (C=O) groups excluding carboxylic acids is 1. The summed E-state index contributed by atoms with van der Waals surface area (Å²) in [5.41, 5.74) is -0.451. The zero-order valence-electron chi connectivity index (χ0n) is 11.7. The number of anilines is 1. The summed E-state index contributed by atoms with van der Waals surface area (Å²) in [5.74, 6) is 0. The van der Waals surface area contributed by atoms with Gasteiger partial charge in [-0.25, -0.2) is 9.78 Å². The largest absolute Gasteiger partial charge is 0.444 e. The predicted molar refractivity (Wildman–Crippen MR) is 76.7 cm³/mol. The standard InChI is InChI=1S/C13H21N3O2S/c1-13(2,3)18-12(17)15-10-5-4-7-16(9-10)11-14-6-8-19-11/h6,8,10H,4-5,7,9H2,1-3H3,(H,15,17)/t10-/m0/s1. The Morgan fingerprint density at radius 2 is 2.37 bits per heavy atom. The van der Waals surface area contributed by atoms with Crippen LogP contribution in [-0.2, 0) is 4.74 Å². The van der Waals surface area contributed by atoms with Crippen molar-refractivity contribution >= 4 is 22.6 Å². The topological polar surface area (TPSA) is 54.5 Å². The third-order valence-electron chi connectivity index (χ3n) is 2.83. The Morgan fingerprint density at radius 1 is 1.58 bits per heavy atom. The lowest BCUT2D eigenvalue weighted by Crippen LogP contribution is -2.49. The van der Waals surface area contributed by atoms with Gasteiger partial charge in [0.05, 0.1) is 0 Å². The van der Waals surface area contributed by atoms with E-state index in [-0.39, 0.29) is 12.1 Å². The SMILES string of the molecule is CC(C)(C)OC(=O)N[C@H]1CCCN(c2nccs2)C1. The van der Waals surface area contributed by atoms with E-state index in [0.717, 1.165) is 31.1 Å². The minimum atomic E-state index is -0.451. The van der Waals surface area contributed by atoms with Gasteiger partial charge in [-0.05, 0) is 33.6 Å². The van der Waals surface area contributed by atoms with Crippen molar-refractivity contribution in [2.45, 2.75) is 45.3 Å². The minimum absolute atomic E-state index is 0.132. The smallest absolute Gasteiger partial charge is 0.407 e. The summed E-state index contributed by atoms with van der Waals surface area (Å²) in [6.45, 7) is 7.41. The maximum Gasteiger partial charge on any atom is 0.407 e. The Kier molecular flexibility index (Phi) is 4.29. The lowest BCUT2D eigenvalue weighted by Gasteiger charge is -2.33. The maximum absolute atomic E-state index is 11.8. The molecule has 1 atom stereocenters. The molecule has 1 aromatic rings. The van der Waals surface area contributed by atoms with Crippen molar-refractivity contribution < 1.29 is 9.53 Å². The maximum atomic E-state index is 11.8. The van der Waals surface area contributed by atoms with Gasteiger partial charge in [-0.2, -0.15) is 0 Å². The molecule has 6 heteroatoms. The molecule has 1 aliphatic heterocycles. The average molecular weight is 283 g/mol. The van der Waals surface area contributed by atoms with Gasteiger partial charge in [0.1, 0.15) is 5.60 Å². The van der Waals surface area contributed by atoms with Crippen LogP contribution >= 0.6 is 11.3 Å². The third kappa shape index (κ3) is 4.38. The molecule has 1 aliphatic rings. The molecule has 1 amide bonds. The Morgan fingerprint density at radius 3 is 3.00 bits per heavy atom. The van der Waals surface area contributed by atoms with Crippen LogP contribution in [0.1, 0.15) is 33.6 Å². The molecular formula is C13H21N3O2S. The third-order valence-corrected chi connectivity index (χ3v) is 3.66. The van der Waals surface area contributed by atoms with Crippen LogP contribution in [0.5, 0.6) is 0 Å². The first-order valence-corrected chi connectivity index (χ1v) is 7.46. The van der Waals surface area contributed by atoms with Crippen LogP contribution in [0.4, 0.5) is 9.93 Å².